The molecule has 0 unspecified atom stereocenters. The molecular formula is C21H19FN4O2. The van der Waals surface area contributed by atoms with Crippen molar-refractivity contribution in [3.63, 3.8) is 0 Å². The molecule has 1 amide bonds. The Balaban J connectivity index is 1.40. The molecule has 0 saturated carbocycles. The Hall–Kier alpha value is -3.48. The van der Waals surface area contributed by atoms with Gasteiger partial charge in [0.1, 0.15) is 23.7 Å². The number of halogens is 1. The SMILES string of the molecule is O=C(c1ccccc1)N1CCN(c2cc(Oc3cccc(F)c3)ncn2)CC1. The van der Waals surface area contributed by atoms with Crippen LogP contribution >= 0.6 is 0 Å². The Morgan fingerprint density at radius 1 is 0.929 bits per heavy atom. The molecule has 3 aromatic rings. The zero-order chi connectivity index (χ0) is 19.3. The van der Waals surface area contributed by atoms with E-state index in [4.69, 9.17) is 4.74 Å². The highest BCUT2D eigenvalue weighted by atomic mass is 19.1. The number of ether oxygens (including phenoxy) is 1. The topological polar surface area (TPSA) is 58.6 Å². The minimum absolute atomic E-state index is 0.0399. The predicted octanol–water partition coefficient (Wildman–Crippen LogP) is 3.37. The van der Waals surface area contributed by atoms with Crippen molar-refractivity contribution < 1.29 is 13.9 Å². The Morgan fingerprint density at radius 3 is 2.46 bits per heavy atom. The van der Waals surface area contributed by atoms with Gasteiger partial charge in [0.15, 0.2) is 0 Å². The number of aromatic nitrogens is 2. The average Bonchev–Trinajstić information content (AvgIpc) is 2.74. The molecule has 1 aliphatic rings. The first-order valence-electron chi connectivity index (χ1n) is 9.04. The van der Waals surface area contributed by atoms with Gasteiger partial charge in [-0.3, -0.25) is 4.79 Å². The maximum atomic E-state index is 13.3. The Kier molecular flexibility index (Phi) is 5.14. The van der Waals surface area contributed by atoms with E-state index in [9.17, 15) is 9.18 Å². The summed E-state index contributed by atoms with van der Waals surface area (Å²) < 4.78 is 18.9. The third-order valence-corrected chi connectivity index (χ3v) is 4.56. The largest absolute Gasteiger partial charge is 0.439 e. The predicted molar refractivity (Wildman–Crippen MR) is 103 cm³/mol. The van der Waals surface area contributed by atoms with E-state index in [-0.39, 0.29) is 11.7 Å². The molecule has 0 radical (unpaired) electrons. The highest BCUT2D eigenvalue weighted by Gasteiger charge is 2.23. The molecule has 7 heteroatoms. The molecule has 6 nitrogen and oxygen atoms in total. The van der Waals surface area contributed by atoms with Gasteiger partial charge in [0.05, 0.1) is 0 Å². The number of piperazine rings is 1. The number of hydrogen-bond acceptors (Lipinski definition) is 5. The van der Waals surface area contributed by atoms with Crippen LogP contribution in [0, 0.1) is 5.82 Å². The summed E-state index contributed by atoms with van der Waals surface area (Å²) in [4.78, 5) is 24.9. The fraction of sp³-hybridized carbons (Fsp3) is 0.190. The van der Waals surface area contributed by atoms with E-state index >= 15 is 0 Å². The number of carbonyl (C=O) groups excluding carboxylic acids is 1. The molecule has 28 heavy (non-hydrogen) atoms. The minimum Gasteiger partial charge on any atom is -0.439 e. The zero-order valence-electron chi connectivity index (χ0n) is 15.2. The van der Waals surface area contributed by atoms with Crippen molar-refractivity contribution in [3.8, 4) is 11.6 Å². The Labute approximate surface area is 162 Å². The van der Waals surface area contributed by atoms with E-state index in [0.29, 0.717) is 49.2 Å². The lowest BCUT2D eigenvalue weighted by Crippen LogP contribution is -2.49. The third kappa shape index (κ3) is 4.09. The third-order valence-electron chi connectivity index (χ3n) is 4.56. The summed E-state index contributed by atoms with van der Waals surface area (Å²) in [6.07, 6.45) is 1.42. The molecule has 1 aliphatic heterocycles. The molecule has 4 rings (SSSR count). The van der Waals surface area contributed by atoms with Gasteiger partial charge in [0.2, 0.25) is 5.88 Å². The number of hydrogen-bond donors (Lipinski definition) is 0. The number of amides is 1. The lowest BCUT2D eigenvalue weighted by atomic mass is 10.2. The van der Waals surface area contributed by atoms with Gasteiger partial charge in [-0.05, 0) is 24.3 Å². The standard InChI is InChI=1S/C21H19FN4O2/c22-17-7-4-8-18(13-17)28-20-14-19(23-15-24-20)25-9-11-26(12-10-25)21(27)16-5-2-1-3-6-16/h1-8,13-15H,9-12H2. The van der Waals surface area contributed by atoms with Crippen LogP contribution in [-0.2, 0) is 0 Å². The van der Waals surface area contributed by atoms with Crippen LogP contribution in [-0.4, -0.2) is 47.0 Å². The molecule has 2 heterocycles. The minimum atomic E-state index is -0.369. The molecule has 2 aromatic carbocycles. The fourth-order valence-electron chi connectivity index (χ4n) is 3.11. The highest BCUT2D eigenvalue weighted by Crippen LogP contribution is 2.23. The van der Waals surface area contributed by atoms with Gasteiger partial charge in [-0.2, -0.15) is 0 Å². The lowest BCUT2D eigenvalue weighted by molar-refractivity contribution is 0.0746. The van der Waals surface area contributed by atoms with Crippen LogP contribution in [0.5, 0.6) is 11.6 Å². The molecule has 142 valence electrons. The summed E-state index contributed by atoms with van der Waals surface area (Å²) in [6.45, 7) is 2.54. The maximum absolute atomic E-state index is 13.3. The van der Waals surface area contributed by atoms with Crippen molar-refractivity contribution in [2.24, 2.45) is 0 Å². The summed E-state index contributed by atoms with van der Waals surface area (Å²) in [5.41, 5.74) is 0.698. The first kappa shape index (κ1) is 17.9. The van der Waals surface area contributed by atoms with Crippen LogP contribution in [0.15, 0.2) is 67.0 Å². The lowest BCUT2D eigenvalue weighted by Gasteiger charge is -2.35. The maximum Gasteiger partial charge on any atom is 0.253 e. The molecular weight excluding hydrogens is 359 g/mol. The van der Waals surface area contributed by atoms with Crippen molar-refractivity contribution in [2.45, 2.75) is 0 Å². The number of carbonyl (C=O) groups is 1. The molecule has 1 fully saturated rings. The number of rotatable bonds is 4. The van der Waals surface area contributed by atoms with Crippen LogP contribution in [0.4, 0.5) is 10.2 Å². The number of nitrogens with zero attached hydrogens (tertiary/aromatic N) is 4. The first-order chi connectivity index (χ1) is 13.7. The second kappa shape index (κ2) is 8.04. The normalized spacial score (nSPS) is 14.0. The summed E-state index contributed by atoms with van der Waals surface area (Å²) in [5.74, 6) is 1.11. The van der Waals surface area contributed by atoms with Crippen LogP contribution in [0.1, 0.15) is 10.4 Å². The molecule has 0 bridgehead atoms. The van der Waals surface area contributed by atoms with Gasteiger partial charge in [-0.15, -0.1) is 0 Å². The smallest absolute Gasteiger partial charge is 0.253 e. The van der Waals surface area contributed by atoms with Crippen LogP contribution < -0.4 is 9.64 Å². The van der Waals surface area contributed by atoms with E-state index in [1.165, 1.54) is 18.5 Å². The Morgan fingerprint density at radius 2 is 1.71 bits per heavy atom. The van der Waals surface area contributed by atoms with E-state index in [2.05, 4.69) is 14.9 Å². The average molecular weight is 378 g/mol. The summed E-state index contributed by atoms with van der Waals surface area (Å²) >= 11 is 0. The molecule has 1 aromatic heterocycles. The summed E-state index contributed by atoms with van der Waals surface area (Å²) in [6, 6.07) is 16.9. The van der Waals surface area contributed by atoms with Gasteiger partial charge in [-0.25, -0.2) is 14.4 Å². The van der Waals surface area contributed by atoms with E-state index in [0.717, 1.165) is 0 Å². The van der Waals surface area contributed by atoms with Crippen LogP contribution in [0.25, 0.3) is 0 Å². The van der Waals surface area contributed by atoms with Gasteiger partial charge in [-0.1, -0.05) is 24.3 Å². The van der Waals surface area contributed by atoms with Gasteiger partial charge >= 0.3 is 0 Å². The monoisotopic (exact) mass is 378 g/mol. The molecule has 0 N–H and O–H groups in total. The molecule has 0 aliphatic carbocycles. The van der Waals surface area contributed by atoms with E-state index in [1.807, 2.05) is 35.2 Å². The van der Waals surface area contributed by atoms with Gasteiger partial charge in [0, 0.05) is 43.9 Å². The van der Waals surface area contributed by atoms with Crippen molar-refractivity contribution >= 4 is 11.7 Å². The molecule has 0 atom stereocenters. The Bertz CT molecular complexity index is 959. The van der Waals surface area contributed by atoms with E-state index < -0.39 is 0 Å². The van der Waals surface area contributed by atoms with Crippen molar-refractivity contribution in [2.75, 3.05) is 31.1 Å². The summed E-state index contributed by atoms with van der Waals surface area (Å²) in [7, 11) is 0. The van der Waals surface area contributed by atoms with Crippen LogP contribution in [0.3, 0.4) is 0 Å². The highest BCUT2D eigenvalue weighted by molar-refractivity contribution is 5.94. The number of benzene rings is 2. The fourth-order valence-corrected chi connectivity index (χ4v) is 3.11. The molecule has 1 saturated heterocycles. The summed E-state index contributed by atoms with van der Waals surface area (Å²) in [5, 5.41) is 0. The van der Waals surface area contributed by atoms with Crippen LogP contribution in [0.2, 0.25) is 0 Å². The second-order valence-electron chi connectivity index (χ2n) is 6.42. The van der Waals surface area contributed by atoms with Crippen molar-refractivity contribution in [1.82, 2.24) is 14.9 Å². The second-order valence-corrected chi connectivity index (χ2v) is 6.42. The van der Waals surface area contributed by atoms with Gasteiger partial charge < -0.3 is 14.5 Å². The zero-order valence-corrected chi connectivity index (χ0v) is 15.2. The molecule has 0 spiro atoms. The van der Waals surface area contributed by atoms with Gasteiger partial charge in [0.25, 0.3) is 5.91 Å². The quantitative estimate of drug-likeness (QED) is 0.697. The van der Waals surface area contributed by atoms with E-state index in [1.54, 1.807) is 18.2 Å². The first-order valence-corrected chi connectivity index (χ1v) is 9.04. The van der Waals surface area contributed by atoms with Crippen molar-refractivity contribution in [1.29, 1.82) is 0 Å². The van der Waals surface area contributed by atoms with Crippen molar-refractivity contribution in [3.05, 3.63) is 78.4 Å². The number of anilines is 1.